The van der Waals surface area contributed by atoms with E-state index in [4.69, 9.17) is 5.11 Å². The molecule has 76 valence electrons. The molecule has 1 rings (SSSR count). The summed E-state index contributed by atoms with van der Waals surface area (Å²) in [7, 11) is 0. The summed E-state index contributed by atoms with van der Waals surface area (Å²) in [6, 6.07) is 5.37. The first kappa shape index (κ1) is 10.8. The van der Waals surface area contributed by atoms with Gasteiger partial charge in [-0.2, -0.15) is 0 Å². The lowest BCUT2D eigenvalue weighted by molar-refractivity contribution is 0.275. The molecule has 0 spiro atoms. The van der Waals surface area contributed by atoms with Crippen LogP contribution >= 0.6 is 0 Å². The van der Waals surface area contributed by atoms with Gasteiger partial charge < -0.3 is 10.2 Å². The fourth-order valence-corrected chi connectivity index (χ4v) is 1.47. The molecule has 2 heteroatoms. The van der Waals surface area contributed by atoms with Crippen LogP contribution in [0, 0.1) is 0 Å². The Bertz CT molecular complexity index is 340. The summed E-state index contributed by atoms with van der Waals surface area (Å²) in [6.07, 6.45) is 2.97. The second kappa shape index (κ2) is 4.82. The van der Waals surface area contributed by atoms with Gasteiger partial charge in [0.2, 0.25) is 0 Å². The Kier molecular flexibility index (Phi) is 3.72. The van der Waals surface area contributed by atoms with Crippen LogP contribution < -0.4 is 0 Å². The van der Waals surface area contributed by atoms with Gasteiger partial charge in [0, 0.05) is 5.56 Å². The average molecular weight is 192 g/mol. The van der Waals surface area contributed by atoms with E-state index in [9.17, 15) is 5.11 Å². The minimum atomic E-state index is -0.122. The third-order valence-electron chi connectivity index (χ3n) is 2.36. The van der Waals surface area contributed by atoms with Gasteiger partial charge in [0.25, 0.3) is 0 Å². The standard InChI is InChI=1S/C12H16O2/c1-3-9(4-2)10-5-6-11(8-13)12(14)7-10/h3,5-7,13-14H,4,8H2,1-2H3/b9-3-. The second-order valence-electron chi connectivity index (χ2n) is 3.17. The molecule has 2 nitrogen and oxygen atoms in total. The van der Waals surface area contributed by atoms with Crippen LogP contribution in [-0.4, -0.2) is 10.2 Å². The molecule has 0 bridgehead atoms. The van der Waals surface area contributed by atoms with Crippen LogP contribution in [0.25, 0.3) is 5.57 Å². The van der Waals surface area contributed by atoms with Crippen molar-refractivity contribution in [3.63, 3.8) is 0 Å². The van der Waals surface area contributed by atoms with Crippen LogP contribution in [0.2, 0.25) is 0 Å². The molecule has 1 aromatic rings. The molecule has 0 aliphatic carbocycles. The van der Waals surface area contributed by atoms with E-state index in [0.29, 0.717) is 5.56 Å². The normalized spacial score (nSPS) is 11.8. The molecular weight excluding hydrogens is 176 g/mol. The van der Waals surface area contributed by atoms with Crippen molar-refractivity contribution in [3.8, 4) is 5.75 Å². The first-order chi connectivity index (χ1) is 6.72. The van der Waals surface area contributed by atoms with Gasteiger partial charge in [0.05, 0.1) is 6.61 Å². The van der Waals surface area contributed by atoms with Gasteiger partial charge in [0.15, 0.2) is 0 Å². The summed E-state index contributed by atoms with van der Waals surface area (Å²) in [5, 5.41) is 18.4. The van der Waals surface area contributed by atoms with E-state index < -0.39 is 0 Å². The zero-order valence-electron chi connectivity index (χ0n) is 8.62. The van der Waals surface area contributed by atoms with Gasteiger partial charge in [0.1, 0.15) is 5.75 Å². The third kappa shape index (κ3) is 2.15. The number of aliphatic hydroxyl groups is 1. The predicted octanol–water partition coefficient (Wildman–Crippen LogP) is 2.70. The molecule has 0 aromatic heterocycles. The molecule has 2 N–H and O–H groups in total. The van der Waals surface area contributed by atoms with Crippen molar-refractivity contribution in [2.75, 3.05) is 0 Å². The van der Waals surface area contributed by atoms with Crippen LogP contribution in [0.4, 0.5) is 0 Å². The number of hydrogen-bond acceptors (Lipinski definition) is 2. The van der Waals surface area contributed by atoms with Crippen molar-refractivity contribution >= 4 is 5.57 Å². The van der Waals surface area contributed by atoms with E-state index in [1.165, 1.54) is 5.57 Å². The zero-order chi connectivity index (χ0) is 10.6. The lowest BCUT2D eigenvalue weighted by Gasteiger charge is -2.07. The zero-order valence-corrected chi connectivity index (χ0v) is 8.62. The maximum Gasteiger partial charge on any atom is 0.121 e. The predicted molar refractivity (Wildman–Crippen MR) is 58.0 cm³/mol. The number of phenols is 1. The summed E-state index contributed by atoms with van der Waals surface area (Å²) < 4.78 is 0. The van der Waals surface area contributed by atoms with E-state index in [-0.39, 0.29) is 12.4 Å². The van der Waals surface area contributed by atoms with Crippen LogP contribution in [-0.2, 0) is 6.61 Å². The van der Waals surface area contributed by atoms with Crippen LogP contribution in [0.3, 0.4) is 0 Å². The summed E-state index contributed by atoms with van der Waals surface area (Å²) in [5.74, 6) is 0.165. The van der Waals surface area contributed by atoms with Gasteiger partial charge in [-0.25, -0.2) is 0 Å². The number of allylic oxidation sites excluding steroid dienone is 2. The van der Waals surface area contributed by atoms with Crippen LogP contribution in [0.15, 0.2) is 24.3 Å². The largest absolute Gasteiger partial charge is 0.508 e. The Balaban J connectivity index is 3.08. The highest BCUT2D eigenvalue weighted by atomic mass is 16.3. The van der Waals surface area contributed by atoms with E-state index in [1.54, 1.807) is 12.1 Å². The van der Waals surface area contributed by atoms with Gasteiger partial charge in [-0.15, -0.1) is 0 Å². The monoisotopic (exact) mass is 192 g/mol. The fraction of sp³-hybridized carbons (Fsp3) is 0.333. The molecule has 0 aliphatic rings. The molecule has 0 saturated heterocycles. The highest BCUT2D eigenvalue weighted by Crippen LogP contribution is 2.25. The third-order valence-corrected chi connectivity index (χ3v) is 2.36. The van der Waals surface area contributed by atoms with Crippen molar-refractivity contribution in [2.45, 2.75) is 26.9 Å². The van der Waals surface area contributed by atoms with Crippen molar-refractivity contribution < 1.29 is 10.2 Å². The van der Waals surface area contributed by atoms with Crippen molar-refractivity contribution in [2.24, 2.45) is 0 Å². The van der Waals surface area contributed by atoms with E-state index in [1.807, 2.05) is 19.1 Å². The van der Waals surface area contributed by atoms with Crippen LogP contribution in [0.1, 0.15) is 31.4 Å². The number of aliphatic hydroxyl groups excluding tert-OH is 1. The molecule has 0 fully saturated rings. The maximum absolute atomic E-state index is 9.54. The minimum absolute atomic E-state index is 0.122. The molecule has 0 heterocycles. The summed E-state index contributed by atoms with van der Waals surface area (Å²) in [5.41, 5.74) is 2.79. The second-order valence-corrected chi connectivity index (χ2v) is 3.17. The summed E-state index contributed by atoms with van der Waals surface area (Å²) >= 11 is 0. The summed E-state index contributed by atoms with van der Waals surface area (Å²) in [4.78, 5) is 0. The Labute approximate surface area is 84.5 Å². The molecule has 0 amide bonds. The Hall–Kier alpha value is -1.28. The van der Waals surface area contributed by atoms with Gasteiger partial charge >= 0.3 is 0 Å². The van der Waals surface area contributed by atoms with Crippen molar-refractivity contribution in [1.29, 1.82) is 0 Å². The molecule has 0 radical (unpaired) electrons. The smallest absolute Gasteiger partial charge is 0.121 e. The number of benzene rings is 1. The van der Waals surface area contributed by atoms with Gasteiger partial charge in [-0.1, -0.05) is 25.1 Å². The van der Waals surface area contributed by atoms with E-state index in [2.05, 4.69) is 6.92 Å². The minimum Gasteiger partial charge on any atom is -0.508 e. The number of hydrogen-bond donors (Lipinski definition) is 2. The molecule has 0 aliphatic heterocycles. The molecule has 0 unspecified atom stereocenters. The Morgan fingerprint density at radius 3 is 2.57 bits per heavy atom. The lowest BCUT2D eigenvalue weighted by Crippen LogP contribution is -1.87. The van der Waals surface area contributed by atoms with E-state index in [0.717, 1.165) is 12.0 Å². The fourth-order valence-electron chi connectivity index (χ4n) is 1.47. The van der Waals surface area contributed by atoms with Crippen molar-refractivity contribution in [3.05, 3.63) is 35.4 Å². The Morgan fingerprint density at radius 1 is 1.43 bits per heavy atom. The lowest BCUT2D eigenvalue weighted by atomic mass is 10.0. The summed E-state index contributed by atoms with van der Waals surface area (Å²) in [6.45, 7) is 3.94. The van der Waals surface area contributed by atoms with E-state index >= 15 is 0 Å². The SMILES string of the molecule is C/C=C(/CC)c1ccc(CO)c(O)c1. The van der Waals surface area contributed by atoms with Crippen molar-refractivity contribution in [1.82, 2.24) is 0 Å². The molecular formula is C12H16O2. The molecule has 1 aromatic carbocycles. The molecule has 14 heavy (non-hydrogen) atoms. The number of rotatable bonds is 3. The Morgan fingerprint density at radius 2 is 2.14 bits per heavy atom. The first-order valence-corrected chi connectivity index (χ1v) is 4.81. The quantitative estimate of drug-likeness (QED) is 0.773. The number of aromatic hydroxyl groups is 1. The van der Waals surface area contributed by atoms with Gasteiger partial charge in [-0.05, 0) is 30.5 Å². The first-order valence-electron chi connectivity index (χ1n) is 4.81. The average Bonchev–Trinajstić information content (AvgIpc) is 2.20. The van der Waals surface area contributed by atoms with Gasteiger partial charge in [-0.3, -0.25) is 0 Å². The van der Waals surface area contributed by atoms with Crippen LogP contribution in [0.5, 0.6) is 5.75 Å². The maximum atomic E-state index is 9.54. The molecule has 0 saturated carbocycles. The topological polar surface area (TPSA) is 40.5 Å². The highest BCUT2D eigenvalue weighted by molar-refractivity contribution is 5.66. The molecule has 0 atom stereocenters. The highest BCUT2D eigenvalue weighted by Gasteiger charge is 2.03.